The van der Waals surface area contributed by atoms with E-state index in [1.54, 1.807) is 28.4 Å². The molecule has 2 unspecified atom stereocenters. The van der Waals surface area contributed by atoms with E-state index in [9.17, 15) is 0 Å². The average molecular weight is 783 g/mol. The van der Waals surface area contributed by atoms with Crippen LogP contribution >= 0.6 is 0 Å². The first kappa shape index (κ1) is 54.2. The van der Waals surface area contributed by atoms with Gasteiger partial charge in [-0.2, -0.15) is 0 Å². The summed E-state index contributed by atoms with van der Waals surface area (Å²) in [6.45, 7) is 5.99. The SMILES string of the molecule is CCCCCCCOC(C=CCCCCCCCCCCCC(OC)OC)OC(C=CCCCCCCCCCCCC(OC)OC)OCCCCCCC. The maximum absolute atomic E-state index is 6.51. The molecule has 328 valence electrons. The molecule has 0 amide bonds. The highest BCUT2D eigenvalue weighted by Crippen LogP contribution is 2.16. The maximum atomic E-state index is 6.51. The van der Waals surface area contributed by atoms with Crippen molar-refractivity contribution in [3.8, 4) is 0 Å². The van der Waals surface area contributed by atoms with E-state index in [1.165, 1.54) is 167 Å². The molecule has 0 aromatic carbocycles. The molecule has 7 heteroatoms. The van der Waals surface area contributed by atoms with E-state index < -0.39 is 0 Å². The summed E-state index contributed by atoms with van der Waals surface area (Å²) in [6.07, 6.45) is 47.7. The van der Waals surface area contributed by atoms with Crippen LogP contribution in [0.2, 0.25) is 0 Å². The molecule has 0 rings (SSSR count). The van der Waals surface area contributed by atoms with Crippen molar-refractivity contribution in [2.24, 2.45) is 0 Å². The van der Waals surface area contributed by atoms with Gasteiger partial charge in [-0.1, -0.05) is 167 Å². The fourth-order valence-corrected chi connectivity index (χ4v) is 6.92. The second kappa shape index (κ2) is 45.9. The van der Waals surface area contributed by atoms with Gasteiger partial charge in [0.05, 0.1) is 13.2 Å². The molecular weight excluding hydrogens is 689 g/mol. The molecule has 0 aliphatic carbocycles. The third kappa shape index (κ3) is 39.8. The van der Waals surface area contributed by atoms with Crippen LogP contribution in [-0.2, 0) is 33.2 Å². The molecule has 2 atom stereocenters. The minimum Gasteiger partial charge on any atom is -0.356 e. The second-order valence-electron chi connectivity index (χ2n) is 15.6. The molecule has 0 bridgehead atoms. The van der Waals surface area contributed by atoms with Crippen LogP contribution in [0.15, 0.2) is 24.3 Å². The van der Waals surface area contributed by atoms with Gasteiger partial charge >= 0.3 is 0 Å². The fraction of sp³-hybridized carbons (Fsp3) is 0.917. The van der Waals surface area contributed by atoms with Crippen molar-refractivity contribution < 1.29 is 33.2 Å². The summed E-state index contributed by atoms with van der Waals surface area (Å²) in [6, 6.07) is 0. The van der Waals surface area contributed by atoms with Gasteiger partial charge < -0.3 is 33.2 Å². The van der Waals surface area contributed by atoms with Gasteiger partial charge in [0.2, 0.25) is 0 Å². The molecule has 0 aliphatic heterocycles. The molecular formula is C48H94O7. The molecule has 0 radical (unpaired) electrons. The Bertz CT molecular complexity index is 705. The van der Waals surface area contributed by atoms with E-state index in [2.05, 4.69) is 38.2 Å². The molecule has 0 spiro atoms. The van der Waals surface area contributed by atoms with Crippen LogP contribution in [0.1, 0.15) is 219 Å². The first-order valence-corrected chi connectivity index (χ1v) is 23.5. The summed E-state index contributed by atoms with van der Waals surface area (Å²) < 4.78 is 40.3. The number of methoxy groups -OCH3 is 4. The van der Waals surface area contributed by atoms with E-state index in [0.29, 0.717) is 0 Å². The summed E-state index contributed by atoms with van der Waals surface area (Å²) in [5.41, 5.74) is 0. The summed E-state index contributed by atoms with van der Waals surface area (Å²) in [5, 5.41) is 0. The number of rotatable bonds is 46. The number of unbranched alkanes of at least 4 members (excludes halogenated alkanes) is 26. The third-order valence-electron chi connectivity index (χ3n) is 10.6. The summed E-state index contributed by atoms with van der Waals surface area (Å²) in [5.74, 6) is 0. The van der Waals surface area contributed by atoms with Crippen LogP contribution in [0.3, 0.4) is 0 Å². The highest BCUT2D eigenvalue weighted by Gasteiger charge is 2.14. The standard InChI is InChI=1S/C48H94O7/c1-7-9-11-31-37-43-53-47(41-35-29-25-21-17-13-15-19-23-27-33-39-45(49-3)50-4)55-48(54-44-38-32-12-10-8-2)42-36-30-26-22-18-14-16-20-24-28-34-40-46(51-5)52-6/h35-36,41-42,45-48H,7-34,37-40,43-44H2,1-6H3. The molecule has 0 aromatic rings. The Morgan fingerprint density at radius 2 is 0.636 bits per heavy atom. The average Bonchev–Trinajstić information content (AvgIpc) is 3.20. The van der Waals surface area contributed by atoms with Gasteiger partial charge in [-0.25, -0.2) is 0 Å². The van der Waals surface area contributed by atoms with E-state index >= 15 is 0 Å². The zero-order chi connectivity index (χ0) is 40.1. The molecule has 0 aromatic heterocycles. The van der Waals surface area contributed by atoms with E-state index in [-0.39, 0.29) is 25.2 Å². The number of hydrogen-bond acceptors (Lipinski definition) is 7. The van der Waals surface area contributed by atoms with Gasteiger partial charge in [0.1, 0.15) is 0 Å². The van der Waals surface area contributed by atoms with Gasteiger partial charge in [-0.05, 0) is 76.4 Å². The number of ether oxygens (including phenoxy) is 7. The highest BCUT2D eigenvalue weighted by molar-refractivity contribution is 4.90. The highest BCUT2D eigenvalue weighted by atomic mass is 16.8. The molecule has 55 heavy (non-hydrogen) atoms. The quantitative estimate of drug-likeness (QED) is 0.0346. The van der Waals surface area contributed by atoms with E-state index in [1.807, 2.05) is 0 Å². The Labute approximate surface area is 342 Å². The van der Waals surface area contributed by atoms with Crippen molar-refractivity contribution in [1.29, 1.82) is 0 Å². The minimum absolute atomic E-state index is 0.0429. The van der Waals surface area contributed by atoms with Crippen LogP contribution in [0.4, 0.5) is 0 Å². The lowest BCUT2D eigenvalue weighted by Gasteiger charge is -2.22. The molecule has 7 nitrogen and oxygen atoms in total. The Hall–Kier alpha value is -0.800. The summed E-state index contributed by atoms with van der Waals surface area (Å²) in [7, 11) is 6.89. The molecule has 0 heterocycles. The predicted molar refractivity (Wildman–Crippen MR) is 234 cm³/mol. The molecule has 0 saturated carbocycles. The van der Waals surface area contributed by atoms with Crippen LogP contribution in [0.25, 0.3) is 0 Å². The normalized spacial score (nSPS) is 13.4. The Balaban J connectivity index is 4.67. The minimum atomic E-state index is -0.370. The molecule has 0 N–H and O–H groups in total. The lowest BCUT2D eigenvalue weighted by molar-refractivity contribution is -0.208. The summed E-state index contributed by atoms with van der Waals surface area (Å²) >= 11 is 0. The van der Waals surface area contributed by atoms with Crippen molar-refractivity contribution in [2.75, 3.05) is 41.7 Å². The van der Waals surface area contributed by atoms with Crippen LogP contribution < -0.4 is 0 Å². The Morgan fingerprint density at radius 1 is 0.345 bits per heavy atom. The Morgan fingerprint density at radius 3 is 0.964 bits per heavy atom. The summed E-state index contributed by atoms with van der Waals surface area (Å²) in [4.78, 5) is 0. The predicted octanol–water partition coefficient (Wildman–Crippen LogP) is 14.6. The lowest BCUT2D eigenvalue weighted by atomic mass is 10.1. The fourth-order valence-electron chi connectivity index (χ4n) is 6.92. The van der Waals surface area contributed by atoms with E-state index in [4.69, 9.17) is 33.2 Å². The zero-order valence-corrected chi connectivity index (χ0v) is 37.5. The third-order valence-corrected chi connectivity index (χ3v) is 10.6. The van der Waals surface area contributed by atoms with Gasteiger partial charge in [0.25, 0.3) is 0 Å². The number of hydrogen-bond donors (Lipinski definition) is 0. The number of allylic oxidation sites excluding steroid dienone is 2. The largest absolute Gasteiger partial charge is 0.356 e. The van der Waals surface area contributed by atoms with Crippen LogP contribution in [0, 0.1) is 0 Å². The molecule has 0 fully saturated rings. The lowest BCUT2D eigenvalue weighted by Crippen LogP contribution is -2.25. The van der Waals surface area contributed by atoms with Crippen LogP contribution in [0.5, 0.6) is 0 Å². The monoisotopic (exact) mass is 783 g/mol. The first-order valence-electron chi connectivity index (χ1n) is 23.5. The topological polar surface area (TPSA) is 64.6 Å². The van der Waals surface area contributed by atoms with Gasteiger partial charge in [-0.3, -0.25) is 0 Å². The zero-order valence-electron chi connectivity index (χ0n) is 37.5. The smallest absolute Gasteiger partial charge is 0.180 e. The molecule has 0 aliphatic rings. The van der Waals surface area contributed by atoms with Gasteiger partial charge in [0, 0.05) is 28.4 Å². The van der Waals surface area contributed by atoms with Gasteiger partial charge in [0.15, 0.2) is 25.2 Å². The van der Waals surface area contributed by atoms with Crippen LogP contribution in [-0.4, -0.2) is 66.8 Å². The first-order chi connectivity index (χ1) is 27.1. The van der Waals surface area contributed by atoms with Gasteiger partial charge in [-0.15, -0.1) is 0 Å². The molecule has 0 saturated heterocycles. The maximum Gasteiger partial charge on any atom is 0.180 e. The van der Waals surface area contributed by atoms with Crippen molar-refractivity contribution >= 4 is 0 Å². The van der Waals surface area contributed by atoms with Crippen molar-refractivity contribution in [2.45, 2.75) is 244 Å². The van der Waals surface area contributed by atoms with E-state index in [0.717, 1.165) is 51.7 Å². The van der Waals surface area contributed by atoms with Crippen molar-refractivity contribution in [3.63, 3.8) is 0 Å². The Kier molecular flexibility index (Phi) is 45.2. The van der Waals surface area contributed by atoms with Crippen molar-refractivity contribution in [3.05, 3.63) is 24.3 Å². The second-order valence-corrected chi connectivity index (χ2v) is 15.6. The van der Waals surface area contributed by atoms with Crippen molar-refractivity contribution in [1.82, 2.24) is 0 Å².